The van der Waals surface area contributed by atoms with Gasteiger partial charge in [0.1, 0.15) is 11.6 Å². The second-order valence-corrected chi connectivity index (χ2v) is 17.3. The number of alkyl halides is 2. The Bertz CT molecular complexity index is 2580. The van der Waals surface area contributed by atoms with Crippen LogP contribution in [0.5, 0.6) is 0 Å². The number of piperidine rings is 1. The quantitative estimate of drug-likeness (QED) is 0.208. The molecule has 14 nitrogen and oxygen atoms in total. The van der Waals surface area contributed by atoms with Crippen molar-refractivity contribution in [3.05, 3.63) is 75.6 Å². The van der Waals surface area contributed by atoms with Gasteiger partial charge in [0.2, 0.25) is 0 Å². The van der Waals surface area contributed by atoms with Crippen LogP contribution in [0.25, 0.3) is 23.7 Å². The van der Waals surface area contributed by atoms with Gasteiger partial charge in [0.05, 0.1) is 41.4 Å². The van der Waals surface area contributed by atoms with Gasteiger partial charge in [0.15, 0.2) is 11.6 Å². The summed E-state index contributed by atoms with van der Waals surface area (Å²) in [5.74, 6) is -4.28. The molecule has 2 unspecified atom stereocenters. The Labute approximate surface area is 358 Å². The molecule has 2 saturated heterocycles. The molecule has 2 atom stereocenters. The lowest BCUT2D eigenvalue weighted by Crippen LogP contribution is -2.54. The fraction of sp³-hybridized carbons (Fsp3) is 0.478. The van der Waals surface area contributed by atoms with Crippen molar-refractivity contribution >= 4 is 52.9 Å². The van der Waals surface area contributed by atoms with Gasteiger partial charge in [-0.1, -0.05) is 19.4 Å². The van der Waals surface area contributed by atoms with Crippen LogP contribution in [0.15, 0.2) is 47.7 Å². The van der Waals surface area contributed by atoms with Gasteiger partial charge in [-0.3, -0.25) is 24.2 Å². The first-order chi connectivity index (χ1) is 29.6. The maximum Gasteiger partial charge on any atom is 0.269 e. The highest BCUT2D eigenvalue weighted by atomic mass is 19.3. The monoisotopic (exact) mass is 849 g/mol. The number of piperazine rings is 1. The van der Waals surface area contributed by atoms with Crippen LogP contribution in [-0.4, -0.2) is 116 Å². The number of anilines is 2. The minimum atomic E-state index is -3.00. The molecule has 1 N–H and O–H groups in total. The molecule has 3 fully saturated rings. The summed E-state index contributed by atoms with van der Waals surface area (Å²) in [5.41, 5.74) is 3.52. The van der Waals surface area contributed by atoms with Crippen molar-refractivity contribution in [2.45, 2.75) is 90.6 Å². The number of pyridine rings is 2. The Kier molecular flexibility index (Phi) is 11.8. The molecule has 5 aliphatic heterocycles. The largest absolute Gasteiger partial charge is 0.512 e. The van der Waals surface area contributed by atoms with Crippen LogP contribution < -0.4 is 26.0 Å². The van der Waals surface area contributed by atoms with Gasteiger partial charge in [-0.05, 0) is 89.3 Å². The van der Waals surface area contributed by atoms with Gasteiger partial charge in [-0.2, -0.15) is 9.98 Å². The zero-order valence-electron chi connectivity index (χ0n) is 35.7. The van der Waals surface area contributed by atoms with E-state index >= 15 is 8.78 Å². The normalized spacial score (nSPS) is 20.9. The number of aromatic nitrogens is 4. The number of carbonyl (C=O) groups is 4. The van der Waals surface area contributed by atoms with Crippen molar-refractivity contribution in [1.82, 2.24) is 29.3 Å². The molecule has 6 aliphatic rings. The third kappa shape index (κ3) is 8.24. The number of carbonyl (C=O) groups excluding carboxylic acids is 4. The van der Waals surface area contributed by atoms with E-state index in [4.69, 9.17) is 4.98 Å². The summed E-state index contributed by atoms with van der Waals surface area (Å²) in [7, 11) is 0. The second kappa shape index (κ2) is 17.1. The van der Waals surface area contributed by atoms with E-state index in [2.05, 4.69) is 35.9 Å². The standard InChI is InChI=1S/C46H53F2N9O5/c1-27(58)10-14-39(30(4)59)57-43(61)36-13-11-34(22-37(36)44(57)62)55-17-16-32(46(47,48)26-55)25-53-18-20-54(21-19-53)35-12-15-40(49-23-35)51-45-50-24-38-28(2)41(31(5)60)29(3)56(42(38)52-45)33-8-6-7-9-33/h11-13,15,22-24,32-33,39,60H,3,6-10,14,16-21,25-26H2,1-2,4-5H3/b41-31+,51-45?. The zero-order chi connectivity index (χ0) is 44.0. The average Bonchev–Trinajstić information content (AvgIpc) is 3.85. The van der Waals surface area contributed by atoms with Crippen LogP contribution in [0.1, 0.15) is 98.0 Å². The lowest BCUT2D eigenvalue weighted by atomic mass is 9.91. The van der Waals surface area contributed by atoms with Gasteiger partial charge in [0.25, 0.3) is 23.4 Å². The molecule has 6 heterocycles. The van der Waals surface area contributed by atoms with Crippen molar-refractivity contribution in [3.63, 3.8) is 0 Å². The number of rotatable bonds is 11. The van der Waals surface area contributed by atoms with E-state index in [1.807, 2.05) is 19.1 Å². The third-order valence-electron chi connectivity index (χ3n) is 13.1. The number of Topliss-reactive ketones (excluding diaryl/α,β-unsaturated/α-hetero) is 2. The number of nitrogens with zero attached hydrogens (tertiary/aromatic N) is 9. The molecular formula is C46H53F2N9O5. The number of amides is 2. The number of imide groups is 1. The molecule has 0 bridgehead atoms. The van der Waals surface area contributed by atoms with Crippen LogP contribution in [-0.2, 0) is 9.59 Å². The average molecular weight is 850 g/mol. The molecule has 2 amide bonds. The molecule has 326 valence electrons. The predicted molar refractivity (Wildman–Crippen MR) is 230 cm³/mol. The second-order valence-electron chi connectivity index (χ2n) is 17.3. The highest BCUT2D eigenvalue weighted by Gasteiger charge is 2.47. The van der Waals surface area contributed by atoms with Crippen LogP contribution in [0.4, 0.5) is 26.0 Å². The molecule has 16 heteroatoms. The molecule has 2 aromatic rings. The number of hydrogen-bond acceptors (Lipinski definition) is 12. The smallest absolute Gasteiger partial charge is 0.269 e. The van der Waals surface area contributed by atoms with Crippen LogP contribution in [0, 0.1) is 12.8 Å². The molecule has 1 saturated carbocycles. The Hall–Kier alpha value is -5.90. The van der Waals surface area contributed by atoms with Crippen molar-refractivity contribution < 1.29 is 33.1 Å². The Morgan fingerprint density at radius 3 is 2.26 bits per heavy atom. The van der Waals surface area contributed by atoms with E-state index in [1.54, 1.807) is 30.3 Å². The first-order valence-electron chi connectivity index (χ1n) is 21.5. The Morgan fingerprint density at radius 2 is 1.61 bits per heavy atom. The van der Waals surface area contributed by atoms with Crippen LogP contribution >= 0.6 is 0 Å². The fourth-order valence-corrected chi connectivity index (χ4v) is 9.75. The molecular weight excluding hydrogens is 797 g/mol. The fourth-order valence-electron chi connectivity index (χ4n) is 9.75. The number of fused-ring (bicyclic) bond motifs is 2. The van der Waals surface area contributed by atoms with E-state index in [0.717, 1.165) is 63.8 Å². The van der Waals surface area contributed by atoms with Crippen molar-refractivity contribution in [2.24, 2.45) is 10.9 Å². The van der Waals surface area contributed by atoms with E-state index in [-0.39, 0.29) is 60.1 Å². The van der Waals surface area contributed by atoms with Crippen molar-refractivity contribution in [1.29, 1.82) is 0 Å². The van der Waals surface area contributed by atoms with Gasteiger partial charge in [0, 0.05) is 85.7 Å². The summed E-state index contributed by atoms with van der Waals surface area (Å²) in [6.45, 7) is 13.2. The summed E-state index contributed by atoms with van der Waals surface area (Å²) < 4.78 is 33.8. The highest BCUT2D eigenvalue weighted by molar-refractivity contribution is 6.23. The van der Waals surface area contributed by atoms with E-state index < -0.39 is 42.0 Å². The number of benzene rings is 1. The summed E-state index contributed by atoms with van der Waals surface area (Å²) in [6, 6.07) is 7.45. The lowest BCUT2D eigenvalue weighted by molar-refractivity contribution is -0.121. The number of aliphatic hydroxyl groups is 1. The molecule has 0 radical (unpaired) electrons. The number of aliphatic hydroxyl groups excluding tert-OH is 1. The maximum atomic E-state index is 15.8. The maximum absolute atomic E-state index is 15.8. The minimum absolute atomic E-state index is 0.0366. The SMILES string of the molecule is C=c1/c(=C(\C)O)c(C)c2cnc(=Nc3ccc(N4CCN(CC5CCN(c6ccc7c(c6)C(=O)N(C(CCC(C)=O)C(C)=O)C7=O)CC5(F)F)CC4)cn3)nc-2n1C1CCCC1. The topological polar surface area (TPSA) is 157 Å². The molecule has 8 rings (SSSR count). The molecule has 0 spiro atoms. The molecule has 1 aromatic carbocycles. The number of hydrogen-bond donors (Lipinski definition) is 1. The lowest BCUT2D eigenvalue weighted by Gasteiger charge is -2.43. The van der Waals surface area contributed by atoms with E-state index in [9.17, 15) is 24.3 Å². The summed E-state index contributed by atoms with van der Waals surface area (Å²) >= 11 is 0. The molecule has 62 heavy (non-hydrogen) atoms. The molecule has 1 aromatic heterocycles. The van der Waals surface area contributed by atoms with Gasteiger partial charge in [-0.15, -0.1) is 0 Å². The van der Waals surface area contributed by atoms with Crippen LogP contribution in [0.2, 0.25) is 0 Å². The Morgan fingerprint density at radius 1 is 0.903 bits per heavy atom. The number of ketones is 2. The molecule has 1 aliphatic carbocycles. The first kappa shape index (κ1) is 42.8. The predicted octanol–water partition coefficient (Wildman–Crippen LogP) is 4.74. The van der Waals surface area contributed by atoms with Crippen molar-refractivity contribution in [2.75, 3.05) is 55.6 Å². The third-order valence-corrected chi connectivity index (χ3v) is 13.1. The van der Waals surface area contributed by atoms with Crippen LogP contribution in [0.3, 0.4) is 0 Å². The summed E-state index contributed by atoms with van der Waals surface area (Å²) in [5, 5.41) is 12.0. The van der Waals surface area contributed by atoms with Crippen molar-refractivity contribution in [3.8, 4) is 11.4 Å². The van der Waals surface area contributed by atoms with Gasteiger partial charge < -0.3 is 24.3 Å². The summed E-state index contributed by atoms with van der Waals surface area (Å²) in [4.78, 5) is 76.0. The first-order valence-corrected chi connectivity index (χ1v) is 21.5. The highest BCUT2D eigenvalue weighted by Crippen LogP contribution is 2.38. The van der Waals surface area contributed by atoms with Gasteiger partial charge in [-0.25, -0.2) is 18.7 Å². The van der Waals surface area contributed by atoms with E-state index in [0.29, 0.717) is 44.2 Å². The van der Waals surface area contributed by atoms with Gasteiger partial charge >= 0.3 is 0 Å². The summed E-state index contributed by atoms with van der Waals surface area (Å²) in [6.07, 6.45) is 8.12. The number of halogens is 2. The zero-order valence-corrected chi connectivity index (χ0v) is 35.7. The Balaban J connectivity index is 0.886. The van der Waals surface area contributed by atoms with E-state index in [1.165, 1.54) is 26.0 Å². The minimum Gasteiger partial charge on any atom is -0.512 e.